The quantitative estimate of drug-likeness (QED) is 0.374. The lowest BCUT2D eigenvalue weighted by atomic mass is 9.76. The van der Waals surface area contributed by atoms with E-state index in [2.05, 4.69) is 15.6 Å². The average Bonchev–Trinajstić information content (AvgIpc) is 3.59. The number of fused-ring (bicyclic) bond motifs is 5. The zero-order valence-corrected chi connectivity index (χ0v) is 19.8. The Hall–Kier alpha value is -3.94. The summed E-state index contributed by atoms with van der Waals surface area (Å²) in [6.45, 7) is 0. The van der Waals surface area contributed by atoms with Crippen molar-refractivity contribution in [3.05, 3.63) is 95.1 Å². The number of aromatic amines is 1. The van der Waals surface area contributed by atoms with Crippen LogP contribution in [-0.4, -0.2) is 28.7 Å². The standard InChI is InChI=1S/C28H21ClN4O3/c29-16-9-11-17(12-10-16)33-25(34)23-22(13-15-14-30-20-7-3-1-5-18(15)20)32-28(24(23)26(33)35)19-6-2-4-8-21(19)31-27(28)36/h1-12,14,22-24,30,32H,13H2,(H,31,36)/t22-,23-,24+,28-/m1/s1. The van der Waals surface area contributed by atoms with Gasteiger partial charge in [0, 0.05) is 39.4 Å². The molecule has 2 fully saturated rings. The SMILES string of the molecule is O=C1[C@H]2[C@@H](C(=O)N1c1ccc(Cl)cc1)[C@@]1(N[C@@H]2Cc2c[nH]c3ccccc23)C(=O)Nc2ccccc21. The average molecular weight is 497 g/mol. The number of hydrogen-bond acceptors (Lipinski definition) is 4. The third-order valence-electron chi connectivity index (χ3n) is 7.82. The molecule has 36 heavy (non-hydrogen) atoms. The molecule has 178 valence electrons. The first-order valence-corrected chi connectivity index (χ1v) is 12.2. The van der Waals surface area contributed by atoms with Gasteiger partial charge in [-0.05, 0) is 48.4 Å². The highest BCUT2D eigenvalue weighted by atomic mass is 35.5. The molecule has 3 N–H and O–H groups in total. The Morgan fingerprint density at radius 1 is 0.889 bits per heavy atom. The van der Waals surface area contributed by atoms with Crippen molar-refractivity contribution in [3.8, 4) is 0 Å². The molecule has 3 amide bonds. The van der Waals surface area contributed by atoms with Gasteiger partial charge >= 0.3 is 0 Å². The Labute approximate surface area is 211 Å². The summed E-state index contributed by atoms with van der Waals surface area (Å²) in [6.07, 6.45) is 2.42. The first-order valence-electron chi connectivity index (χ1n) is 11.9. The van der Waals surface area contributed by atoms with E-state index in [0.29, 0.717) is 28.4 Å². The van der Waals surface area contributed by atoms with E-state index in [4.69, 9.17) is 11.6 Å². The summed E-state index contributed by atoms with van der Waals surface area (Å²) >= 11 is 6.06. The number of nitrogens with zero attached hydrogens (tertiary/aromatic N) is 1. The Bertz CT molecular complexity index is 1580. The fourth-order valence-electron chi connectivity index (χ4n) is 6.32. The minimum atomic E-state index is -1.33. The van der Waals surface area contributed by atoms with Crippen LogP contribution in [0.5, 0.6) is 0 Å². The van der Waals surface area contributed by atoms with Crippen LogP contribution in [-0.2, 0) is 26.3 Å². The predicted molar refractivity (Wildman–Crippen MR) is 137 cm³/mol. The topological polar surface area (TPSA) is 94.3 Å². The maximum Gasteiger partial charge on any atom is 0.250 e. The van der Waals surface area contributed by atoms with Crippen LogP contribution in [0, 0.1) is 11.8 Å². The molecule has 4 aromatic rings. The molecule has 8 heteroatoms. The van der Waals surface area contributed by atoms with Crippen molar-refractivity contribution in [3.63, 3.8) is 0 Å². The van der Waals surface area contributed by atoms with E-state index >= 15 is 0 Å². The van der Waals surface area contributed by atoms with Crippen LogP contribution in [0.4, 0.5) is 11.4 Å². The van der Waals surface area contributed by atoms with E-state index in [1.54, 1.807) is 24.3 Å². The normalized spacial score (nSPS) is 26.6. The van der Waals surface area contributed by atoms with E-state index in [0.717, 1.165) is 16.5 Å². The van der Waals surface area contributed by atoms with Gasteiger partial charge < -0.3 is 10.3 Å². The second-order valence-corrected chi connectivity index (χ2v) is 10.1. The Balaban J connectivity index is 1.37. The molecule has 0 unspecified atom stereocenters. The zero-order valence-electron chi connectivity index (χ0n) is 19.0. The summed E-state index contributed by atoms with van der Waals surface area (Å²) in [4.78, 5) is 46.1. The smallest absolute Gasteiger partial charge is 0.250 e. The second-order valence-electron chi connectivity index (χ2n) is 9.61. The van der Waals surface area contributed by atoms with Crippen LogP contribution < -0.4 is 15.5 Å². The minimum Gasteiger partial charge on any atom is -0.361 e. The van der Waals surface area contributed by atoms with Gasteiger partial charge in [-0.1, -0.05) is 48.0 Å². The minimum absolute atomic E-state index is 0.306. The predicted octanol–water partition coefficient (Wildman–Crippen LogP) is 3.99. The number of benzene rings is 3. The number of nitrogens with one attached hydrogen (secondary N) is 3. The summed E-state index contributed by atoms with van der Waals surface area (Å²) in [7, 11) is 0. The van der Waals surface area contributed by atoms with Gasteiger partial charge in [-0.3, -0.25) is 19.7 Å². The number of anilines is 2. The fourth-order valence-corrected chi connectivity index (χ4v) is 6.44. The lowest BCUT2D eigenvalue weighted by Gasteiger charge is -2.29. The van der Waals surface area contributed by atoms with Gasteiger partial charge in [-0.2, -0.15) is 0 Å². The van der Waals surface area contributed by atoms with Crippen molar-refractivity contribution in [2.75, 3.05) is 10.2 Å². The molecule has 3 aliphatic rings. The van der Waals surface area contributed by atoms with Crippen molar-refractivity contribution < 1.29 is 14.4 Å². The lowest BCUT2D eigenvalue weighted by molar-refractivity contribution is -0.130. The van der Waals surface area contributed by atoms with Crippen LogP contribution in [0.1, 0.15) is 11.1 Å². The van der Waals surface area contributed by atoms with Crippen molar-refractivity contribution in [2.45, 2.75) is 18.0 Å². The highest BCUT2D eigenvalue weighted by Crippen LogP contribution is 2.54. The van der Waals surface area contributed by atoms with E-state index in [1.807, 2.05) is 54.7 Å². The van der Waals surface area contributed by atoms with Gasteiger partial charge in [0.05, 0.1) is 17.5 Å². The summed E-state index contributed by atoms with van der Waals surface area (Å²) in [6, 6.07) is 21.5. The number of amides is 3. The molecular formula is C28H21ClN4O3. The van der Waals surface area contributed by atoms with E-state index in [9.17, 15) is 14.4 Å². The highest BCUT2D eigenvalue weighted by Gasteiger charge is 2.70. The van der Waals surface area contributed by atoms with Crippen LogP contribution in [0.3, 0.4) is 0 Å². The summed E-state index contributed by atoms with van der Waals surface area (Å²) < 4.78 is 0. The van der Waals surface area contributed by atoms with E-state index in [1.165, 1.54) is 4.90 Å². The summed E-state index contributed by atoms with van der Waals surface area (Å²) in [5.74, 6) is -2.58. The molecule has 3 aromatic carbocycles. The number of hydrogen-bond donors (Lipinski definition) is 3. The molecule has 7 nitrogen and oxygen atoms in total. The summed E-state index contributed by atoms with van der Waals surface area (Å²) in [5.41, 5.74) is 2.51. The molecule has 1 spiro atoms. The molecule has 2 saturated heterocycles. The first-order chi connectivity index (χ1) is 17.5. The Kier molecular flexibility index (Phi) is 4.46. The highest BCUT2D eigenvalue weighted by molar-refractivity contribution is 6.31. The third kappa shape index (κ3) is 2.75. The number of H-pyrrole nitrogens is 1. The number of carbonyl (C=O) groups excluding carboxylic acids is 3. The molecule has 7 rings (SSSR count). The molecule has 0 saturated carbocycles. The number of rotatable bonds is 3. The van der Waals surface area contributed by atoms with Crippen molar-refractivity contribution in [1.82, 2.24) is 10.3 Å². The van der Waals surface area contributed by atoms with E-state index < -0.39 is 23.4 Å². The molecule has 3 aliphatic heterocycles. The number of aromatic nitrogens is 1. The maximum atomic E-state index is 14.0. The summed E-state index contributed by atoms with van der Waals surface area (Å²) in [5, 5.41) is 8.01. The molecule has 0 aliphatic carbocycles. The Morgan fingerprint density at radius 3 is 2.47 bits per heavy atom. The van der Waals surface area contributed by atoms with Crippen molar-refractivity contribution in [2.24, 2.45) is 11.8 Å². The zero-order chi connectivity index (χ0) is 24.6. The number of halogens is 1. The number of imide groups is 1. The van der Waals surface area contributed by atoms with Crippen LogP contribution in [0.25, 0.3) is 10.9 Å². The first kappa shape index (κ1) is 21.4. The van der Waals surface area contributed by atoms with Gasteiger partial charge in [0.2, 0.25) is 17.7 Å². The number of para-hydroxylation sites is 2. The molecule has 0 radical (unpaired) electrons. The van der Waals surface area contributed by atoms with Gasteiger partial charge in [-0.25, -0.2) is 4.90 Å². The van der Waals surface area contributed by atoms with Gasteiger partial charge in [-0.15, -0.1) is 0 Å². The number of carbonyl (C=O) groups is 3. The largest absolute Gasteiger partial charge is 0.361 e. The van der Waals surface area contributed by atoms with E-state index in [-0.39, 0.29) is 17.7 Å². The second kappa shape index (κ2) is 7.53. The van der Waals surface area contributed by atoms with Gasteiger partial charge in [0.25, 0.3) is 0 Å². The molecule has 0 bridgehead atoms. The molecule has 1 aromatic heterocycles. The van der Waals surface area contributed by atoms with Crippen molar-refractivity contribution in [1.29, 1.82) is 0 Å². The fraction of sp³-hybridized carbons (Fsp3) is 0.179. The van der Waals surface area contributed by atoms with Gasteiger partial charge in [0.1, 0.15) is 5.54 Å². The van der Waals surface area contributed by atoms with Crippen molar-refractivity contribution >= 4 is 51.6 Å². The van der Waals surface area contributed by atoms with Crippen LogP contribution in [0.15, 0.2) is 79.0 Å². The van der Waals surface area contributed by atoms with Gasteiger partial charge in [0.15, 0.2) is 0 Å². The monoisotopic (exact) mass is 496 g/mol. The lowest BCUT2D eigenvalue weighted by Crippen LogP contribution is -2.53. The third-order valence-corrected chi connectivity index (χ3v) is 8.07. The van der Waals surface area contributed by atoms with Crippen LogP contribution in [0.2, 0.25) is 5.02 Å². The molecular weight excluding hydrogens is 476 g/mol. The van der Waals surface area contributed by atoms with Crippen LogP contribution >= 0.6 is 11.6 Å². The molecule has 4 heterocycles. The Morgan fingerprint density at radius 2 is 1.64 bits per heavy atom. The maximum absolute atomic E-state index is 14.0. The molecule has 4 atom stereocenters.